The van der Waals surface area contributed by atoms with E-state index in [1.165, 1.54) is 0 Å². The molecule has 3 heterocycles. The summed E-state index contributed by atoms with van der Waals surface area (Å²) < 4.78 is 2.03. The standard InChI is InChI=1S/C17H19ClN6/c1-11-2-3-15(14(18)8-11)23-16-13-9-22-24(17(13)21-10-20-16)12-4-6-19-7-5-12/h2-3,8-10,12,19H,4-7H2,1H3,(H,20,21,23). The number of benzene rings is 1. The predicted molar refractivity (Wildman–Crippen MR) is 95.9 cm³/mol. The Balaban J connectivity index is 1.70. The van der Waals surface area contributed by atoms with Gasteiger partial charge in [0.1, 0.15) is 12.1 Å². The number of rotatable bonds is 3. The monoisotopic (exact) mass is 342 g/mol. The number of halogens is 1. The van der Waals surface area contributed by atoms with Gasteiger partial charge in [-0.3, -0.25) is 0 Å². The lowest BCUT2D eigenvalue weighted by Crippen LogP contribution is -2.29. The lowest BCUT2D eigenvalue weighted by Gasteiger charge is -2.23. The minimum Gasteiger partial charge on any atom is -0.338 e. The van der Waals surface area contributed by atoms with Gasteiger partial charge < -0.3 is 10.6 Å². The minimum atomic E-state index is 0.384. The lowest BCUT2D eigenvalue weighted by molar-refractivity contribution is 0.349. The fourth-order valence-electron chi connectivity index (χ4n) is 3.13. The molecule has 0 radical (unpaired) electrons. The maximum atomic E-state index is 6.32. The van der Waals surface area contributed by atoms with Crippen LogP contribution in [0.2, 0.25) is 5.02 Å². The second kappa shape index (κ2) is 6.37. The van der Waals surface area contributed by atoms with Gasteiger partial charge in [0.05, 0.1) is 28.3 Å². The van der Waals surface area contributed by atoms with Crippen LogP contribution in [0.4, 0.5) is 11.5 Å². The Bertz CT molecular complexity index is 869. The molecule has 24 heavy (non-hydrogen) atoms. The first-order chi connectivity index (χ1) is 11.7. The van der Waals surface area contributed by atoms with Gasteiger partial charge in [0, 0.05) is 0 Å². The van der Waals surface area contributed by atoms with Crippen LogP contribution in [0, 0.1) is 6.92 Å². The van der Waals surface area contributed by atoms with Gasteiger partial charge in [0.15, 0.2) is 5.65 Å². The molecule has 1 aliphatic heterocycles. The first-order valence-electron chi connectivity index (χ1n) is 8.14. The molecule has 2 aromatic heterocycles. The van der Waals surface area contributed by atoms with Gasteiger partial charge in [-0.25, -0.2) is 14.6 Å². The highest BCUT2D eigenvalue weighted by Gasteiger charge is 2.20. The highest BCUT2D eigenvalue weighted by Crippen LogP contribution is 2.30. The van der Waals surface area contributed by atoms with E-state index in [-0.39, 0.29) is 0 Å². The van der Waals surface area contributed by atoms with Crippen molar-refractivity contribution in [2.75, 3.05) is 18.4 Å². The molecule has 0 unspecified atom stereocenters. The van der Waals surface area contributed by atoms with Crippen molar-refractivity contribution in [3.8, 4) is 0 Å². The molecule has 7 heteroatoms. The van der Waals surface area contributed by atoms with Crippen molar-refractivity contribution in [2.24, 2.45) is 0 Å². The van der Waals surface area contributed by atoms with E-state index in [0.29, 0.717) is 11.1 Å². The Labute approximate surface area is 145 Å². The zero-order valence-corrected chi connectivity index (χ0v) is 14.2. The summed E-state index contributed by atoms with van der Waals surface area (Å²) in [5.74, 6) is 0.728. The Kier molecular flexibility index (Phi) is 4.08. The van der Waals surface area contributed by atoms with E-state index in [4.69, 9.17) is 11.6 Å². The Hall–Kier alpha value is -2.18. The van der Waals surface area contributed by atoms with E-state index < -0.39 is 0 Å². The second-order valence-electron chi connectivity index (χ2n) is 6.14. The molecule has 0 bridgehead atoms. The zero-order valence-electron chi connectivity index (χ0n) is 13.5. The van der Waals surface area contributed by atoms with Crippen LogP contribution in [0.15, 0.2) is 30.7 Å². The summed E-state index contributed by atoms with van der Waals surface area (Å²) in [7, 11) is 0. The lowest BCUT2D eigenvalue weighted by atomic mass is 10.1. The average Bonchev–Trinajstić information content (AvgIpc) is 3.03. The van der Waals surface area contributed by atoms with Gasteiger partial charge in [-0.1, -0.05) is 17.7 Å². The van der Waals surface area contributed by atoms with Crippen LogP contribution in [0.25, 0.3) is 11.0 Å². The number of nitrogens with zero attached hydrogens (tertiary/aromatic N) is 4. The number of fused-ring (bicyclic) bond motifs is 1. The minimum absolute atomic E-state index is 0.384. The molecule has 124 valence electrons. The molecule has 3 aromatic rings. The highest BCUT2D eigenvalue weighted by atomic mass is 35.5. The third-order valence-corrected chi connectivity index (χ3v) is 4.74. The molecular formula is C17H19ClN6. The normalized spacial score (nSPS) is 15.8. The van der Waals surface area contributed by atoms with Gasteiger partial charge in [-0.2, -0.15) is 5.10 Å². The summed E-state index contributed by atoms with van der Waals surface area (Å²) >= 11 is 6.32. The summed E-state index contributed by atoms with van der Waals surface area (Å²) in [6.07, 6.45) is 5.54. The van der Waals surface area contributed by atoms with Crippen LogP contribution >= 0.6 is 11.6 Å². The number of piperidine rings is 1. The van der Waals surface area contributed by atoms with Crippen LogP contribution in [-0.2, 0) is 0 Å². The van der Waals surface area contributed by atoms with Gasteiger partial charge >= 0.3 is 0 Å². The number of anilines is 2. The van der Waals surface area contributed by atoms with Gasteiger partial charge in [-0.05, 0) is 50.6 Å². The maximum absolute atomic E-state index is 6.32. The molecule has 0 saturated carbocycles. The third kappa shape index (κ3) is 2.83. The molecule has 0 amide bonds. The van der Waals surface area contributed by atoms with E-state index in [1.54, 1.807) is 6.33 Å². The fourth-order valence-corrected chi connectivity index (χ4v) is 3.41. The van der Waals surface area contributed by atoms with Crippen molar-refractivity contribution in [3.05, 3.63) is 41.3 Å². The van der Waals surface area contributed by atoms with Crippen molar-refractivity contribution in [1.29, 1.82) is 0 Å². The van der Waals surface area contributed by atoms with Crippen molar-refractivity contribution in [1.82, 2.24) is 25.1 Å². The highest BCUT2D eigenvalue weighted by molar-refractivity contribution is 6.33. The summed E-state index contributed by atoms with van der Waals surface area (Å²) in [5, 5.41) is 12.8. The Morgan fingerprint density at radius 3 is 2.88 bits per heavy atom. The van der Waals surface area contributed by atoms with Crippen LogP contribution in [0.1, 0.15) is 24.4 Å². The van der Waals surface area contributed by atoms with Crippen LogP contribution in [0.5, 0.6) is 0 Å². The largest absolute Gasteiger partial charge is 0.338 e. The number of aryl methyl sites for hydroxylation is 1. The van der Waals surface area contributed by atoms with Crippen LogP contribution in [-0.4, -0.2) is 32.8 Å². The molecule has 6 nitrogen and oxygen atoms in total. The molecular weight excluding hydrogens is 324 g/mol. The summed E-state index contributed by atoms with van der Waals surface area (Å²) in [5.41, 5.74) is 2.82. The topological polar surface area (TPSA) is 67.7 Å². The molecule has 0 spiro atoms. The van der Waals surface area contributed by atoms with Crippen molar-refractivity contribution >= 4 is 34.1 Å². The number of hydrogen-bond acceptors (Lipinski definition) is 5. The third-order valence-electron chi connectivity index (χ3n) is 4.42. The van der Waals surface area contributed by atoms with E-state index in [9.17, 15) is 0 Å². The van der Waals surface area contributed by atoms with E-state index in [0.717, 1.165) is 54.0 Å². The maximum Gasteiger partial charge on any atom is 0.163 e. The van der Waals surface area contributed by atoms with Crippen molar-refractivity contribution < 1.29 is 0 Å². The number of hydrogen-bond donors (Lipinski definition) is 2. The molecule has 0 aliphatic carbocycles. The summed E-state index contributed by atoms with van der Waals surface area (Å²) in [6.45, 7) is 4.05. The Morgan fingerprint density at radius 1 is 1.25 bits per heavy atom. The fraction of sp³-hybridized carbons (Fsp3) is 0.353. The molecule has 2 N–H and O–H groups in total. The van der Waals surface area contributed by atoms with Crippen LogP contribution in [0.3, 0.4) is 0 Å². The van der Waals surface area contributed by atoms with E-state index >= 15 is 0 Å². The first kappa shape index (κ1) is 15.4. The van der Waals surface area contributed by atoms with Crippen LogP contribution < -0.4 is 10.6 Å². The van der Waals surface area contributed by atoms with Crippen molar-refractivity contribution in [2.45, 2.75) is 25.8 Å². The SMILES string of the molecule is Cc1ccc(Nc2ncnc3c2cnn3C2CCNCC2)c(Cl)c1. The van der Waals surface area contributed by atoms with Gasteiger partial charge in [-0.15, -0.1) is 0 Å². The average molecular weight is 343 g/mol. The molecule has 1 saturated heterocycles. The summed E-state index contributed by atoms with van der Waals surface area (Å²) in [4.78, 5) is 8.83. The number of nitrogens with one attached hydrogen (secondary N) is 2. The quantitative estimate of drug-likeness (QED) is 0.763. The second-order valence-corrected chi connectivity index (χ2v) is 6.55. The van der Waals surface area contributed by atoms with Crippen molar-refractivity contribution in [3.63, 3.8) is 0 Å². The van der Waals surface area contributed by atoms with Gasteiger partial charge in [0.25, 0.3) is 0 Å². The molecule has 0 atom stereocenters. The first-order valence-corrected chi connectivity index (χ1v) is 8.52. The van der Waals surface area contributed by atoms with E-state index in [1.807, 2.05) is 36.0 Å². The predicted octanol–water partition coefficient (Wildman–Crippen LogP) is 3.46. The molecule has 1 aromatic carbocycles. The molecule has 1 aliphatic rings. The molecule has 4 rings (SSSR count). The zero-order chi connectivity index (χ0) is 16.5. The van der Waals surface area contributed by atoms with E-state index in [2.05, 4.69) is 25.7 Å². The summed E-state index contributed by atoms with van der Waals surface area (Å²) in [6, 6.07) is 6.30. The smallest absolute Gasteiger partial charge is 0.163 e. The number of aromatic nitrogens is 4. The Morgan fingerprint density at radius 2 is 2.08 bits per heavy atom. The molecule has 1 fully saturated rings. The van der Waals surface area contributed by atoms with Gasteiger partial charge in [0.2, 0.25) is 0 Å².